The number of benzene rings is 3. The lowest BCUT2D eigenvalue weighted by Crippen LogP contribution is -2.25. The number of rotatable bonds is 4. The Kier molecular flexibility index (Phi) is 4.94. The number of fused-ring (bicyclic) bond motifs is 1. The molecule has 3 aromatic carbocycles. The Balaban J connectivity index is 1.41. The van der Waals surface area contributed by atoms with Crippen molar-refractivity contribution in [3.8, 4) is 11.5 Å². The van der Waals surface area contributed by atoms with Crippen LogP contribution in [0.3, 0.4) is 0 Å². The van der Waals surface area contributed by atoms with Crippen LogP contribution >= 0.6 is 0 Å². The highest BCUT2D eigenvalue weighted by molar-refractivity contribution is 6.04. The largest absolute Gasteiger partial charge is 0.482 e. The van der Waals surface area contributed by atoms with E-state index in [1.54, 1.807) is 60.7 Å². The molecule has 0 atom stereocenters. The van der Waals surface area contributed by atoms with E-state index in [2.05, 4.69) is 10.6 Å². The molecule has 0 saturated heterocycles. The average Bonchev–Trinajstić information content (AvgIpc) is 2.75. The van der Waals surface area contributed by atoms with Crippen LogP contribution in [0.1, 0.15) is 20.7 Å². The smallest absolute Gasteiger partial charge is 0.343 e. The molecule has 29 heavy (non-hydrogen) atoms. The minimum atomic E-state index is -0.575. The van der Waals surface area contributed by atoms with Gasteiger partial charge in [0.2, 0.25) is 0 Å². The van der Waals surface area contributed by atoms with E-state index in [0.717, 1.165) is 0 Å². The van der Waals surface area contributed by atoms with E-state index in [9.17, 15) is 14.4 Å². The molecule has 2 amide bonds. The topological polar surface area (TPSA) is 93.7 Å². The van der Waals surface area contributed by atoms with E-state index >= 15 is 0 Å². The number of ether oxygens (including phenoxy) is 2. The van der Waals surface area contributed by atoms with Gasteiger partial charge in [-0.2, -0.15) is 0 Å². The number of carbonyl (C=O) groups excluding carboxylic acids is 3. The highest BCUT2D eigenvalue weighted by Crippen LogP contribution is 2.29. The molecule has 1 aliphatic rings. The standard InChI is InChI=1S/C22H16N2O5/c25-20-13-28-19-11-6-15(12-18(19)24-20)22(27)29-17-9-7-16(8-10-17)23-21(26)14-4-2-1-3-5-14/h1-12H,13H2,(H,23,26)(H,24,25). The molecule has 3 aromatic rings. The van der Waals surface area contributed by atoms with Crippen LogP contribution in [0.2, 0.25) is 0 Å². The first-order valence-corrected chi connectivity index (χ1v) is 8.84. The highest BCUT2D eigenvalue weighted by atomic mass is 16.5. The van der Waals surface area contributed by atoms with Crippen LogP contribution < -0.4 is 20.1 Å². The number of amides is 2. The average molecular weight is 388 g/mol. The first-order valence-electron chi connectivity index (χ1n) is 8.84. The molecular formula is C22H16N2O5. The Bertz CT molecular complexity index is 1080. The molecule has 0 aliphatic carbocycles. The van der Waals surface area contributed by atoms with Crippen molar-refractivity contribution in [3.05, 3.63) is 83.9 Å². The summed E-state index contributed by atoms with van der Waals surface area (Å²) in [5.41, 5.74) is 1.82. The molecular weight excluding hydrogens is 372 g/mol. The summed E-state index contributed by atoms with van der Waals surface area (Å²) in [5.74, 6) is -0.260. The van der Waals surface area contributed by atoms with Crippen LogP contribution in [0, 0.1) is 0 Å². The van der Waals surface area contributed by atoms with Crippen molar-refractivity contribution in [1.29, 1.82) is 0 Å². The van der Waals surface area contributed by atoms with Gasteiger partial charge in [-0.3, -0.25) is 9.59 Å². The fourth-order valence-corrected chi connectivity index (χ4v) is 2.78. The van der Waals surface area contributed by atoms with Gasteiger partial charge in [-0.25, -0.2) is 4.79 Å². The number of hydrogen-bond donors (Lipinski definition) is 2. The Labute approximate surface area is 166 Å². The first kappa shape index (κ1) is 18.2. The minimum Gasteiger partial charge on any atom is -0.482 e. The predicted octanol–water partition coefficient (Wildman–Crippen LogP) is 3.49. The summed E-state index contributed by atoms with van der Waals surface area (Å²) < 4.78 is 10.6. The molecule has 144 valence electrons. The lowest BCUT2D eigenvalue weighted by atomic mass is 10.1. The van der Waals surface area contributed by atoms with Crippen LogP contribution in [0.25, 0.3) is 0 Å². The maximum Gasteiger partial charge on any atom is 0.343 e. The molecule has 0 spiro atoms. The molecule has 7 heteroatoms. The van der Waals surface area contributed by atoms with E-state index < -0.39 is 5.97 Å². The van der Waals surface area contributed by atoms with Crippen molar-refractivity contribution >= 4 is 29.2 Å². The van der Waals surface area contributed by atoms with Gasteiger partial charge < -0.3 is 20.1 Å². The molecule has 0 radical (unpaired) electrons. The summed E-state index contributed by atoms with van der Waals surface area (Å²) in [6.45, 7) is -0.0516. The highest BCUT2D eigenvalue weighted by Gasteiger charge is 2.18. The predicted molar refractivity (Wildman–Crippen MR) is 106 cm³/mol. The maximum absolute atomic E-state index is 12.4. The number of carbonyl (C=O) groups is 3. The third-order valence-corrected chi connectivity index (χ3v) is 4.21. The van der Waals surface area contributed by atoms with Gasteiger partial charge >= 0.3 is 5.97 Å². The van der Waals surface area contributed by atoms with E-state index in [-0.39, 0.29) is 24.0 Å². The molecule has 1 aliphatic heterocycles. The summed E-state index contributed by atoms with van der Waals surface area (Å²) in [4.78, 5) is 36.0. The monoisotopic (exact) mass is 388 g/mol. The van der Waals surface area contributed by atoms with Gasteiger partial charge in [-0.15, -0.1) is 0 Å². The van der Waals surface area contributed by atoms with Crippen LogP contribution in [-0.2, 0) is 4.79 Å². The molecule has 0 fully saturated rings. The second-order valence-electron chi connectivity index (χ2n) is 6.28. The lowest BCUT2D eigenvalue weighted by molar-refractivity contribution is -0.118. The summed E-state index contributed by atoms with van der Waals surface area (Å²) in [5, 5.41) is 5.42. The minimum absolute atomic E-state index is 0.0516. The zero-order valence-electron chi connectivity index (χ0n) is 15.2. The van der Waals surface area contributed by atoms with Gasteiger partial charge in [-0.1, -0.05) is 18.2 Å². The van der Waals surface area contributed by atoms with Crippen molar-refractivity contribution in [2.75, 3.05) is 17.2 Å². The molecule has 1 heterocycles. The molecule has 0 bridgehead atoms. The number of esters is 1. The van der Waals surface area contributed by atoms with E-state index in [1.165, 1.54) is 6.07 Å². The van der Waals surface area contributed by atoms with Crippen molar-refractivity contribution in [2.45, 2.75) is 0 Å². The Morgan fingerprint density at radius 3 is 2.45 bits per heavy atom. The summed E-state index contributed by atoms with van der Waals surface area (Å²) in [6.07, 6.45) is 0. The first-order chi connectivity index (χ1) is 14.1. The van der Waals surface area contributed by atoms with Gasteiger partial charge in [0.05, 0.1) is 11.3 Å². The molecule has 0 aromatic heterocycles. The maximum atomic E-state index is 12.4. The molecule has 0 unspecified atom stereocenters. The molecule has 7 nitrogen and oxygen atoms in total. The number of anilines is 2. The van der Waals surface area contributed by atoms with Crippen molar-refractivity contribution in [3.63, 3.8) is 0 Å². The third-order valence-electron chi connectivity index (χ3n) is 4.21. The molecule has 4 rings (SSSR count). The molecule has 0 saturated carbocycles. The third kappa shape index (κ3) is 4.24. The van der Waals surface area contributed by atoms with E-state index in [1.807, 2.05) is 6.07 Å². The normalized spacial score (nSPS) is 12.2. The Morgan fingerprint density at radius 1 is 0.931 bits per heavy atom. The zero-order valence-corrected chi connectivity index (χ0v) is 15.2. The summed E-state index contributed by atoms with van der Waals surface area (Å²) >= 11 is 0. The van der Waals surface area contributed by atoms with Crippen LogP contribution in [0.5, 0.6) is 11.5 Å². The van der Waals surface area contributed by atoms with Crippen molar-refractivity contribution in [1.82, 2.24) is 0 Å². The number of hydrogen-bond acceptors (Lipinski definition) is 5. The van der Waals surface area contributed by atoms with Gasteiger partial charge in [0.1, 0.15) is 11.5 Å². The summed E-state index contributed by atoms with van der Waals surface area (Å²) in [6, 6.07) is 20.0. The SMILES string of the molecule is O=C1COc2ccc(C(=O)Oc3ccc(NC(=O)c4ccccc4)cc3)cc2N1. The second kappa shape index (κ2) is 7.85. The quantitative estimate of drug-likeness (QED) is 0.527. The van der Waals surface area contributed by atoms with Gasteiger partial charge in [0, 0.05) is 11.3 Å². The fraction of sp³-hybridized carbons (Fsp3) is 0.0455. The summed E-state index contributed by atoms with van der Waals surface area (Å²) in [7, 11) is 0. The zero-order chi connectivity index (χ0) is 20.2. The lowest BCUT2D eigenvalue weighted by Gasteiger charge is -2.18. The molecule has 2 N–H and O–H groups in total. The van der Waals surface area contributed by atoms with Gasteiger partial charge in [0.25, 0.3) is 11.8 Å². The van der Waals surface area contributed by atoms with Gasteiger partial charge in [-0.05, 0) is 54.6 Å². The number of nitrogens with one attached hydrogen (secondary N) is 2. The van der Waals surface area contributed by atoms with Gasteiger partial charge in [0.15, 0.2) is 6.61 Å². The van der Waals surface area contributed by atoms with Crippen LogP contribution in [-0.4, -0.2) is 24.4 Å². The second-order valence-corrected chi connectivity index (χ2v) is 6.28. The Morgan fingerprint density at radius 2 is 1.69 bits per heavy atom. The van der Waals surface area contributed by atoms with E-state index in [0.29, 0.717) is 28.4 Å². The van der Waals surface area contributed by atoms with Crippen LogP contribution in [0.15, 0.2) is 72.8 Å². The Hall–Kier alpha value is -4.13. The fourth-order valence-electron chi connectivity index (χ4n) is 2.78. The van der Waals surface area contributed by atoms with Crippen molar-refractivity contribution < 1.29 is 23.9 Å². The van der Waals surface area contributed by atoms with Crippen molar-refractivity contribution in [2.24, 2.45) is 0 Å². The van der Waals surface area contributed by atoms with E-state index in [4.69, 9.17) is 9.47 Å². The van der Waals surface area contributed by atoms with Crippen LogP contribution in [0.4, 0.5) is 11.4 Å².